The first-order valence-electron chi connectivity index (χ1n) is 6.03. The predicted molar refractivity (Wildman–Crippen MR) is 75.9 cm³/mol. The maximum atomic E-state index is 12.6. The Hall–Kier alpha value is -1.91. The molecule has 0 radical (unpaired) electrons. The van der Waals surface area contributed by atoms with Gasteiger partial charge in [-0.25, -0.2) is 0 Å². The van der Waals surface area contributed by atoms with Crippen molar-refractivity contribution >= 4 is 22.9 Å². The number of benzene rings is 1. The quantitative estimate of drug-likeness (QED) is 0.912. The summed E-state index contributed by atoms with van der Waals surface area (Å²) >= 11 is 1.40. The second-order valence-electron chi connectivity index (χ2n) is 4.44. The summed E-state index contributed by atoms with van der Waals surface area (Å²) in [4.78, 5) is 14.8. The summed E-state index contributed by atoms with van der Waals surface area (Å²) in [5.74, 6) is -0.302. The van der Waals surface area contributed by atoms with Crippen LogP contribution in [-0.4, -0.2) is 11.0 Å². The number of carbonyl (C=O) groups excluding carboxylic acids is 1. The highest BCUT2D eigenvalue weighted by Gasteiger charge is 2.43. The summed E-state index contributed by atoms with van der Waals surface area (Å²) in [6.45, 7) is 0. The van der Waals surface area contributed by atoms with Crippen LogP contribution >= 0.6 is 11.3 Å². The van der Waals surface area contributed by atoms with Gasteiger partial charge in [0, 0.05) is 23.2 Å². The molecular formula is C15H13NO2S. The molecule has 1 amide bonds. The van der Waals surface area contributed by atoms with Crippen LogP contribution in [0.2, 0.25) is 0 Å². The van der Waals surface area contributed by atoms with Crippen molar-refractivity contribution in [3.05, 3.63) is 65.0 Å². The molecule has 2 aromatic rings. The lowest BCUT2D eigenvalue weighted by molar-refractivity contribution is -0.137. The molecule has 96 valence electrons. The monoisotopic (exact) mass is 271 g/mol. The lowest BCUT2D eigenvalue weighted by atomic mass is 9.93. The van der Waals surface area contributed by atoms with Crippen LogP contribution in [0.1, 0.15) is 11.3 Å². The molecule has 1 N–H and O–H groups in total. The number of aliphatic hydroxyl groups is 1. The molecule has 0 fully saturated rings. The summed E-state index contributed by atoms with van der Waals surface area (Å²) in [6, 6.07) is 13.0. The smallest absolute Gasteiger partial charge is 0.268 e. The second-order valence-corrected chi connectivity index (χ2v) is 5.38. The molecule has 2 heterocycles. The minimum Gasteiger partial charge on any atom is -0.374 e. The summed E-state index contributed by atoms with van der Waals surface area (Å²) in [5, 5.41) is 12.6. The van der Waals surface area contributed by atoms with Crippen LogP contribution in [0.5, 0.6) is 0 Å². The van der Waals surface area contributed by atoms with E-state index in [1.54, 1.807) is 12.3 Å². The number of nitrogens with zero attached hydrogens (tertiary/aromatic N) is 1. The van der Waals surface area contributed by atoms with E-state index in [1.807, 2.05) is 47.9 Å². The van der Waals surface area contributed by atoms with E-state index in [9.17, 15) is 9.90 Å². The van der Waals surface area contributed by atoms with Crippen LogP contribution in [-0.2, 0) is 10.4 Å². The van der Waals surface area contributed by atoms with Crippen LogP contribution in [0.15, 0.2) is 60.1 Å². The van der Waals surface area contributed by atoms with Crippen molar-refractivity contribution in [1.29, 1.82) is 0 Å². The van der Waals surface area contributed by atoms with Gasteiger partial charge < -0.3 is 5.11 Å². The number of hydrogen-bond acceptors (Lipinski definition) is 3. The van der Waals surface area contributed by atoms with Crippen LogP contribution < -0.4 is 4.90 Å². The third-order valence-corrected chi connectivity index (χ3v) is 4.22. The first-order valence-corrected chi connectivity index (χ1v) is 6.91. The molecular weight excluding hydrogens is 258 g/mol. The predicted octanol–water partition coefficient (Wildman–Crippen LogP) is 2.89. The van der Waals surface area contributed by atoms with Crippen molar-refractivity contribution in [1.82, 2.24) is 0 Å². The van der Waals surface area contributed by atoms with E-state index in [4.69, 9.17) is 0 Å². The average Bonchev–Trinajstić information content (AvgIpc) is 2.98. The molecule has 1 aromatic carbocycles. The van der Waals surface area contributed by atoms with Crippen LogP contribution in [0.3, 0.4) is 0 Å². The standard InChI is InChI=1S/C15H13NO2S/c17-14-15(18,13-8-4-11-19-13)9-5-10-16(14)12-6-2-1-3-7-12/h1-8,10-11,18H,9H2/t15-/m1/s1. The number of carbonyl (C=O) groups is 1. The average molecular weight is 271 g/mol. The summed E-state index contributed by atoms with van der Waals surface area (Å²) in [5.41, 5.74) is -0.683. The molecule has 1 aromatic heterocycles. The fraction of sp³-hybridized carbons (Fsp3) is 0.133. The van der Waals surface area contributed by atoms with Gasteiger partial charge in [-0.1, -0.05) is 30.3 Å². The Labute approximate surface area is 115 Å². The van der Waals surface area contributed by atoms with Gasteiger partial charge in [-0.2, -0.15) is 0 Å². The molecule has 0 aliphatic carbocycles. The Morgan fingerprint density at radius 1 is 1.16 bits per heavy atom. The van der Waals surface area contributed by atoms with Gasteiger partial charge in [0.2, 0.25) is 0 Å². The SMILES string of the molecule is O=C1N(c2ccccc2)C=CC[C@@]1(O)c1cccs1. The summed E-state index contributed by atoms with van der Waals surface area (Å²) < 4.78 is 0. The third-order valence-electron chi connectivity index (χ3n) is 3.20. The number of anilines is 1. The maximum absolute atomic E-state index is 12.6. The van der Waals surface area contributed by atoms with E-state index >= 15 is 0 Å². The van der Waals surface area contributed by atoms with Crippen LogP contribution in [0, 0.1) is 0 Å². The van der Waals surface area contributed by atoms with Gasteiger partial charge in [-0.15, -0.1) is 11.3 Å². The van der Waals surface area contributed by atoms with E-state index < -0.39 is 5.60 Å². The van der Waals surface area contributed by atoms with Crippen molar-refractivity contribution in [3.8, 4) is 0 Å². The van der Waals surface area contributed by atoms with E-state index in [0.29, 0.717) is 11.3 Å². The van der Waals surface area contributed by atoms with E-state index in [2.05, 4.69) is 0 Å². The topological polar surface area (TPSA) is 40.5 Å². The lowest BCUT2D eigenvalue weighted by Gasteiger charge is -2.33. The Morgan fingerprint density at radius 2 is 1.95 bits per heavy atom. The highest BCUT2D eigenvalue weighted by molar-refractivity contribution is 7.10. The number of amides is 1. The summed E-state index contributed by atoms with van der Waals surface area (Å²) in [7, 11) is 0. The van der Waals surface area contributed by atoms with Gasteiger partial charge in [-0.05, 0) is 23.6 Å². The molecule has 0 bridgehead atoms. The molecule has 0 spiro atoms. The highest BCUT2D eigenvalue weighted by atomic mass is 32.1. The van der Waals surface area contributed by atoms with Gasteiger partial charge in [0.1, 0.15) is 0 Å². The fourth-order valence-corrected chi connectivity index (χ4v) is 3.02. The molecule has 0 saturated heterocycles. The van der Waals surface area contributed by atoms with Crippen molar-refractivity contribution in [2.24, 2.45) is 0 Å². The molecule has 4 heteroatoms. The second kappa shape index (κ2) is 4.64. The zero-order valence-electron chi connectivity index (χ0n) is 10.2. The number of para-hydroxylation sites is 1. The van der Waals surface area contributed by atoms with Crippen LogP contribution in [0.4, 0.5) is 5.69 Å². The fourth-order valence-electron chi connectivity index (χ4n) is 2.19. The zero-order chi connectivity index (χ0) is 13.3. The van der Waals surface area contributed by atoms with Crippen molar-refractivity contribution < 1.29 is 9.90 Å². The largest absolute Gasteiger partial charge is 0.374 e. The molecule has 3 nitrogen and oxygen atoms in total. The Kier molecular flexibility index (Phi) is 2.97. The Balaban J connectivity index is 2.01. The number of hydrogen-bond donors (Lipinski definition) is 1. The molecule has 3 rings (SSSR count). The molecule has 1 aliphatic rings. The lowest BCUT2D eigenvalue weighted by Crippen LogP contribution is -2.46. The number of rotatable bonds is 2. The molecule has 0 saturated carbocycles. The minimum atomic E-state index is -1.45. The van der Waals surface area contributed by atoms with E-state index in [-0.39, 0.29) is 5.91 Å². The molecule has 19 heavy (non-hydrogen) atoms. The van der Waals surface area contributed by atoms with Crippen LogP contribution in [0.25, 0.3) is 0 Å². The van der Waals surface area contributed by atoms with Crippen molar-refractivity contribution in [3.63, 3.8) is 0 Å². The first-order chi connectivity index (χ1) is 9.22. The van der Waals surface area contributed by atoms with Gasteiger partial charge in [-0.3, -0.25) is 9.69 Å². The van der Waals surface area contributed by atoms with Gasteiger partial charge >= 0.3 is 0 Å². The zero-order valence-corrected chi connectivity index (χ0v) is 11.0. The van der Waals surface area contributed by atoms with Gasteiger partial charge in [0.05, 0.1) is 0 Å². The van der Waals surface area contributed by atoms with Crippen molar-refractivity contribution in [2.45, 2.75) is 12.0 Å². The normalized spacial score (nSPS) is 22.8. The van der Waals surface area contributed by atoms with Crippen molar-refractivity contribution in [2.75, 3.05) is 4.90 Å². The Morgan fingerprint density at radius 3 is 2.63 bits per heavy atom. The highest BCUT2D eigenvalue weighted by Crippen LogP contribution is 2.35. The first kappa shape index (κ1) is 12.1. The summed E-state index contributed by atoms with van der Waals surface area (Å²) in [6.07, 6.45) is 3.86. The third kappa shape index (κ3) is 1.99. The minimum absolute atomic E-state index is 0.302. The molecule has 0 unspecified atom stereocenters. The van der Waals surface area contributed by atoms with E-state index in [0.717, 1.165) is 5.69 Å². The van der Waals surface area contributed by atoms with Gasteiger partial charge in [0.15, 0.2) is 5.60 Å². The van der Waals surface area contributed by atoms with E-state index in [1.165, 1.54) is 16.2 Å². The molecule has 1 aliphatic heterocycles. The maximum Gasteiger partial charge on any atom is 0.268 e. The number of thiophene rings is 1. The van der Waals surface area contributed by atoms with Gasteiger partial charge in [0.25, 0.3) is 5.91 Å². The Bertz CT molecular complexity index is 606. The molecule has 1 atom stereocenters.